The highest BCUT2D eigenvalue weighted by Crippen LogP contribution is 2.28. The molecule has 4 rings (SSSR count). The Balaban J connectivity index is 1.44. The van der Waals surface area contributed by atoms with Crippen molar-refractivity contribution in [2.24, 2.45) is 11.8 Å². The Morgan fingerprint density at radius 1 is 0.970 bits per heavy atom. The molecular formula is C22H23ClN6O4. The van der Waals surface area contributed by atoms with Gasteiger partial charge in [-0.25, -0.2) is 0 Å². The zero-order valence-corrected chi connectivity index (χ0v) is 18.4. The zero-order chi connectivity index (χ0) is 23.5. The molecule has 11 heteroatoms. The lowest BCUT2D eigenvalue weighted by Gasteiger charge is -2.43. The maximum absolute atomic E-state index is 13.0. The number of anilines is 3. The van der Waals surface area contributed by atoms with Gasteiger partial charge < -0.3 is 26.6 Å². The SMILES string of the molecule is CC(=O)Nc1ccc(NC(=O)C2CC(=O)NC3NC(Nc4cccc(Cl)c4)NC(=O)C32)cc1. The third-order valence-electron chi connectivity index (χ3n) is 5.40. The first-order valence-electron chi connectivity index (χ1n) is 10.3. The van der Waals surface area contributed by atoms with Crippen LogP contribution >= 0.6 is 11.6 Å². The minimum absolute atomic E-state index is 0.113. The Morgan fingerprint density at radius 3 is 2.33 bits per heavy atom. The number of hydrogen-bond acceptors (Lipinski definition) is 6. The molecule has 172 valence electrons. The Kier molecular flexibility index (Phi) is 6.47. The molecule has 2 saturated heterocycles. The van der Waals surface area contributed by atoms with Crippen molar-refractivity contribution in [3.63, 3.8) is 0 Å². The van der Waals surface area contributed by atoms with Crippen LogP contribution in [0.3, 0.4) is 0 Å². The third-order valence-corrected chi connectivity index (χ3v) is 5.63. The second-order valence-corrected chi connectivity index (χ2v) is 8.33. The fourth-order valence-corrected chi connectivity index (χ4v) is 4.16. The van der Waals surface area contributed by atoms with E-state index in [4.69, 9.17) is 11.6 Å². The zero-order valence-electron chi connectivity index (χ0n) is 17.6. The van der Waals surface area contributed by atoms with Crippen LogP contribution in [0.5, 0.6) is 0 Å². The van der Waals surface area contributed by atoms with Gasteiger partial charge in [0.2, 0.25) is 23.6 Å². The number of nitrogens with one attached hydrogen (secondary N) is 6. The lowest BCUT2D eigenvalue weighted by molar-refractivity contribution is -0.144. The second-order valence-electron chi connectivity index (χ2n) is 7.89. The van der Waals surface area contributed by atoms with Gasteiger partial charge in [-0.2, -0.15) is 0 Å². The number of hydrogen-bond donors (Lipinski definition) is 6. The molecule has 4 atom stereocenters. The summed E-state index contributed by atoms with van der Waals surface area (Å²) in [6.07, 6.45) is -1.51. The van der Waals surface area contributed by atoms with Crippen LogP contribution < -0.4 is 31.9 Å². The van der Waals surface area contributed by atoms with Gasteiger partial charge in [0.05, 0.1) is 18.0 Å². The van der Waals surface area contributed by atoms with Crippen LogP contribution in [0, 0.1) is 11.8 Å². The van der Waals surface area contributed by atoms with Crippen LogP contribution in [0.25, 0.3) is 0 Å². The van der Waals surface area contributed by atoms with E-state index in [1.165, 1.54) is 6.92 Å². The monoisotopic (exact) mass is 470 g/mol. The molecule has 0 aliphatic carbocycles. The van der Waals surface area contributed by atoms with Crippen LogP contribution in [0.2, 0.25) is 5.02 Å². The van der Waals surface area contributed by atoms with Crippen molar-refractivity contribution >= 4 is 52.3 Å². The largest absolute Gasteiger partial charge is 0.353 e. The molecular weight excluding hydrogens is 448 g/mol. The molecule has 2 fully saturated rings. The van der Waals surface area contributed by atoms with Crippen molar-refractivity contribution < 1.29 is 19.2 Å². The summed E-state index contributed by atoms with van der Waals surface area (Å²) in [5.41, 5.74) is 1.76. The maximum Gasteiger partial charge on any atom is 0.229 e. The molecule has 4 amide bonds. The van der Waals surface area contributed by atoms with Gasteiger partial charge in [-0.1, -0.05) is 17.7 Å². The smallest absolute Gasteiger partial charge is 0.229 e. The van der Waals surface area contributed by atoms with Crippen molar-refractivity contribution in [1.29, 1.82) is 0 Å². The first-order chi connectivity index (χ1) is 15.8. The molecule has 0 bridgehead atoms. The highest BCUT2D eigenvalue weighted by atomic mass is 35.5. The molecule has 0 saturated carbocycles. The van der Waals surface area contributed by atoms with Crippen LogP contribution in [0.4, 0.5) is 17.1 Å². The molecule has 2 aliphatic heterocycles. The van der Waals surface area contributed by atoms with Crippen molar-refractivity contribution in [2.45, 2.75) is 25.8 Å². The molecule has 33 heavy (non-hydrogen) atoms. The molecule has 0 aromatic heterocycles. The fraction of sp³-hybridized carbons (Fsp3) is 0.273. The summed E-state index contributed by atoms with van der Waals surface area (Å²) in [5.74, 6) is -2.99. The predicted octanol–water partition coefficient (Wildman–Crippen LogP) is 1.43. The Labute approximate surface area is 194 Å². The molecule has 2 heterocycles. The van der Waals surface area contributed by atoms with E-state index in [9.17, 15) is 19.2 Å². The van der Waals surface area contributed by atoms with E-state index < -0.39 is 30.2 Å². The van der Waals surface area contributed by atoms with Gasteiger partial charge in [-0.05, 0) is 42.5 Å². The van der Waals surface area contributed by atoms with Gasteiger partial charge >= 0.3 is 0 Å². The maximum atomic E-state index is 13.0. The van der Waals surface area contributed by atoms with Crippen molar-refractivity contribution in [2.75, 3.05) is 16.0 Å². The quantitative estimate of drug-likeness (QED) is 0.390. The Morgan fingerprint density at radius 2 is 1.67 bits per heavy atom. The normalized spacial score (nSPS) is 24.1. The van der Waals surface area contributed by atoms with Crippen molar-refractivity contribution in [3.05, 3.63) is 53.6 Å². The predicted molar refractivity (Wildman–Crippen MR) is 123 cm³/mol. The van der Waals surface area contributed by atoms with Crippen LogP contribution in [-0.4, -0.2) is 36.1 Å². The minimum Gasteiger partial charge on any atom is -0.353 e. The number of piperidine rings is 1. The lowest BCUT2D eigenvalue weighted by atomic mass is 9.81. The van der Waals surface area contributed by atoms with Crippen LogP contribution in [0.15, 0.2) is 48.5 Å². The van der Waals surface area contributed by atoms with E-state index in [1.807, 2.05) is 0 Å². The van der Waals surface area contributed by atoms with E-state index in [2.05, 4.69) is 31.9 Å². The minimum atomic E-state index is -0.863. The number of amides is 4. The molecule has 10 nitrogen and oxygen atoms in total. The summed E-state index contributed by atoms with van der Waals surface area (Å²) in [4.78, 5) is 49.4. The van der Waals surface area contributed by atoms with Crippen LogP contribution in [0.1, 0.15) is 13.3 Å². The van der Waals surface area contributed by atoms with Gasteiger partial charge in [0.15, 0.2) is 6.29 Å². The average Bonchev–Trinajstić information content (AvgIpc) is 2.74. The molecule has 2 aliphatic rings. The average molecular weight is 471 g/mol. The molecule has 6 N–H and O–H groups in total. The molecule has 2 aromatic rings. The molecule has 0 radical (unpaired) electrons. The lowest BCUT2D eigenvalue weighted by Crippen LogP contribution is -2.72. The summed E-state index contributed by atoms with van der Waals surface area (Å²) >= 11 is 6.00. The van der Waals surface area contributed by atoms with Crippen LogP contribution in [-0.2, 0) is 19.2 Å². The summed E-state index contributed by atoms with van der Waals surface area (Å²) in [6.45, 7) is 1.40. The van der Waals surface area contributed by atoms with Gasteiger partial charge in [0, 0.05) is 35.4 Å². The number of fused-ring (bicyclic) bond motifs is 1. The third kappa shape index (κ3) is 5.41. The number of carbonyl (C=O) groups is 4. The highest BCUT2D eigenvalue weighted by Gasteiger charge is 2.48. The standard InChI is InChI=1S/C22H23ClN6O4/c1-11(30)24-13-5-7-14(8-6-13)25-20(32)16-10-17(31)27-19-18(16)21(33)29-22(28-19)26-15-4-2-3-12(23)9-15/h2-9,16,18-19,22,26,28H,10H2,1H3,(H,24,30)(H,25,32)(H,27,31)(H,29,33). The van der Waals surface area contributed by atoms with E-state index in [-0.39, 0.29) is 24.1 Å². The highest BCUT2D eigenvalue weighted by molar-refractivity contribution is 6.30. The molecule has 0 spiro atoms. The topological polar surface area (TPSA) is 140 Å². The van der Waals surface area contributed by atoms with Gasteiger partial charge in [-0.15, -0.1) is 0 Å². The fourth-order valence-electron chi connectivity index (χ4n) is 3.97. The first kappa shape index (κ1) is 22.6. The van der Waals surface area contributed by atoms with Crippen molar-refractivity contribution in [1.82, 2.24) is 16.0 Å². The Bertz CT molecular complexity index is 1090. The van der Waals surface area contributed by atoms with E-state index in [0.717, 1.165) is 0 Å². The Hall–Kier alpha value is -3.63. The summed E-state index contributed by atoms with van der Waals surface area (Å²) < 4.78 is 0. The molecule has 4 unspecified atom stereocenters. The summed E-state index contributed by atoms with van der Waals surface area (Å²) in [7, 11) is 0. The number of carbonyl (C=O) groups excluding carboxylic acids is 4. The summed E-state index contributed by atoms with van der Waals surface area (Å²) in [6, 6.07) is 13.6. The second kappa shape index (κ2) is 9.47. The van der Waals surface area contributed by atoms with E-state index >= 15 is 0 Å². The van der Waals surface area contributed by atoms with Crippen molar-refractivity contribution in [3.8, 4) is 0 Å². The van der Waals surface area contributed by atoms with Gasteiger partial charge in [0.25, 0.3) is 0 Å². The molecule has 2 aromatic carbocycles. The van der Waals surface area contributed by atoms with Gasteiger partial charge in [-0.3, -0.25) is 24.5 Å². The van der Waals surface area contributed by atoms with Gasteiger partial charge in [0.1, 0.15) is 0 Å². The van der Waals surface area contributed by atoms with E-state index in [0.29, 0.717) is 22.1 Å². The summed E-state index contributed by atoms with van der Waals surface area (Å²) in [5, 5.41) is 17.7. The van der Waals surface area contributed by atoms with E-state index in [1.54, 1.807) is 48.5 Å². The number of benzene rings is 2. The number of rotatable bonds is 5. The number of halogens is 1. The first-order valence-corrected chi connectivity index (χ1v) is 10.7.